The number of aromatic nitrogens is 2. The Labute approximate surface area is 314 Å². The van der Waals surface area contributed by atoms with E-state index >= 15 is 0 Å². The molecular weight excluding hydrogens is 764 g/mol. The zero-order valence-corrected chi connectivity index (χ0v) is 31.5. The van der Waals surface area contributed by atoms with Crippen LogP contribution >= 0.6 is 54.8 Å². The number of nitrogens with zero attached hydrogens (tertiary/aromatic N) is 4. The molecule has 19 heteroatoms. The molecule has 4 rings (SSSR count). The van der Waals surface area contributed by atoms with Gasteiger partial charge in [0.1, 0.15) is 27.7 Å². The highest BCUT2D eigenvalue weighted by Gasteiger charge is 2.20. The Kier molecular flexibility index (Phi) is 19.8. The SMILES string of the molecule is C[C@H](O)[C@@H](C)SSc1ccccn1.C[C@H](OC(=O)Oc1ccc([N+](=O)[O-])cc1)[C@@H](C)SSc1ccccn1.O=C(Cl)Oc1ccc([N+](=O)[O-])cc1. The third kappa shape index (κ3) is 18.1. The van der Waals surface area contributed by atoms with Crippen LogP contribution in [0.15, 0.2) is 107 Å². The van der Waals surface area contributed by atoms with Crippen molar-refractivity contribution in [1.82, 2.24) is 9.97 Å². The number of pyridine rings is 2. The smallest absolute Gasteiger partial charge is 0.430 e. The minimum absolute atomic E-state index is 0.0106. The maximum atomic E-state index is 11.8. The zero-order chi connectivity index (χ0) is 37.8. The molecule has 0 aliphatic heterocycles. The largest absolute Gasteiger partial charge is 0.514 e. The van der Waals surface area contributed by atoms with Crippen molar-refractivity contribution >= 4 is 77.7 Å². The lowest BCUT2D eigenvalue weighted by molar-refractivity contribution is -0.385. The summed E-state index contributed by atoms with van der Waals surface area (Å²) in [5.74, 6) is 0.358. The number of aliphatic hydroxyl groups is 1. The van der Waals surface area contributed by atoms with Crippen molar-refractivity contribution in [2.45, 2.75) is 60.5 Å². The summed E-state index contributed by atoms with van der Waals surface area (Å²) < 4.78 is 14.7. The van der Waals surface area contributed by atoms with E-state index in [1.54, 1.807) is 47.8 Å². The van der Waals surface area contributed by atoms with E-state index in [1.165, 1.54) is 70.1 Å². The molecule has 14 nitrogen and oxygen atoms in total. The minimum atomic E-state index is -0.978. The van der Waals surface area contributed by atoms with E-state index in [0.717, 1.165) is 10.1 Å². The number of carbonyl (C=O) groups excluding carboxylic acids is 2. The van der Waals surface area contributed by atoms with Crippen LogP contribution < -0.4 is 9.47 Å². The quantitative estimate of drug-likeness (QED) is 0.0335. The Morgan fingerprint density at radius 2 is 1.14 bits per heavy atom. The van der Waals surface area contributed by atoms with E-state index in [4.69, 9.17) is 21.1 Å². The third-order valence-electron chi connectivity index (χ3n) is 5.96. The van der Waals surface area contributed by atoms with Gasteiger partial charge in [-0.2, -0.15) is 0 Å². The average Bonchev–Trinajstić information content (AvgIpc) is 3.11. The van der Waals surface area contributed by atoms with Gasteiger partial charge >= 0.3 is 11.6 Å². The number of nitro benzene ring substituents is 2. The first kappa shape index (κ1) is 43.1. The second-order valence-electron chi connectivity index (χ2n) is 9.86. The highest BCUT2D eigenvalue weighted by atomic mass is 35.5. The number of halogens is 1. The zero-order valence-electron chi connectivity index (χ0n) is 27.5. The van der Waals surface area contributed by atoms with Crippen LogP contribution in [-0.4, -0.2) is 59.2 Å². The number of rotatable bonds is 13. The Balaban J connectivity index is 0.000000292. The van der Waals surface area contributed by atoms with Crippen LogP contribution in [0.2, 0.25) is 0 Å². The van der Waals surface area contributed by atoms with Gasteiger partial charge in [0.25, 0.3) is 11.4 Å². The molecule has 0 fully saturated rings. The molecule has 272 valence electrons. The van der Waals surface area contributed by atoms with Gasteiger partial charge in [0, 0.05) is 58.8 Å². The first-order chi connectivity index (χ1) is 24.2. The Morgan fingerprint density at radius 1 is 0.706 bits per heavy atom. The van der Waals surface area contributed by atoms with E-state index < -0.39 is 21.4 Å². The Morgan fingerprint density at radius 3 is 1.51 bits per heavy atom. The molecule has 2 aromatic heterocycles. The molecule has 0 bridgehead atoms. The monoisotopic (exact) mass is 796 g/mol. The fraction of sp³-hybridized carbons (Fsp3) is 0.250. The molecule has 0 aliphatic carbocycles. The van der Waals surface area contributed by atoms with Crippen molar-refractivity contribution in [2.75, 3.05) is 0 Å². The van der Waals surface area contributed by atoms with Gasteiger partial charge < -0.3 is 19.3 Å². The molecule has 0 aliphatic rings. The molecule has 1 N–H and O–H groups in total. The molecule has 0 amide bonds. The minimum Gasteiger partial charge on any atom is -0.430 e. The van der Waals surface area contributed by atoms with Crippen molar-refractivity contribution in [3.8, 4) is 11.5 Å². The highest BCUT2D eigenvalue weighted by molar-refractivity contribution is 8.77. The molecule has 2 heterocycles. The van der Waals surface area contributed by atoms with E-state index in [1.807, 2.05) is 50.2 Å². The lowest BCUT2D eigenvalue weighted by atomic mass is 10.3. The van der Waals surface area contributed by atoms with Crippen LogP contribution in [0.25, 0.3) is 0 Å². The summed E-state index contributed by atoms with van der Waals surface area (Å²) in [4.78, 5) is 50.1. The van der Waals surface area contributed by atoms with E-state index in [9.17, 15) is 34.9 Å². The van der Waals surface area contributed by atoms with Crippen LogP contribution in [0, 0.1) is 20.2 Å². The molecule has 4 atom stereocenters. The summed E-state index contributed by atoms with van der Waals surface area (Å²) in [6.45, 7) is 7.51. The van der Waals surface area contributed by atoms with Crippen LogP contribution in [-0.2, 0) is 4.74 Å². The second-order valence-corrected chi connectivity index (χ2v) is 15.4. The van der Waals surface area contributed by atoms with Crippen LogP contribution in [0.5, 0.6) is 11.5 Å². The van der Waals surface area contributed by atoms with Gasteiger partial charge in [0.2, 0.25) is 0 Å². The fourth-order valence-electron chi connectivity index (χ4n) is 2.93. The molecule has 0 saturated heterocycles. The van der Waals surface area contributed by atoms with Gasteiger partial charge in [-0.05, 0) is 97.8 Å². The number of benzene rings is 2. The standard InChI is InChI=1S/C16H16N2O5S2.C9H13NOS2.C7H4ClNO4/c1-11(12(2)24-25-15-5-3-4-10-17-15)22-16(19)23-14-8-6-13(7-9-14)18(20)21;1-7(11)8(2)12-13-9-5-3-4-6-10-9;8-7(10)13-6-3-1-5(2-4-6)9(11)12/h3-12H,1-2H3;3-8,11H,1-2H3;1-4H/t11-,12+;7-,8+;/m00./s1. The molecule has 0 saturated carbocycles. The lowest BCUT2D eigenvalue weighted by Gasteiger charge is -2.18. The van der Waals surface area contributed by atoms with Crippen molar-refractivity contribution in [1.29, 1.82) is 0 Å². The molecule has 0 unspecified atom stereocenters. The van der Waals surface area contributed by atoms with Gasteiger partial charge in [-0.25, -0.2) is 19.6 Å². The number of hydrogen-bond donors (Lipinski definition) is 1. The molecule has 0 radical (unpaired) electrons. The molecule has 4 aromatic rings. The molecular formula is C32H33ClN4O10S4. The number of aliphatic hydroxyl groups excluding tert-OH is 1. The molecule has 51 heavy (non-hydrogen) atoms. The fourth-order valence-corrected chi connectivity index (χ4v) is 7.42. The average molecular weight is 797 g/mol. The lowest BCUT2D eigenvalue weighted by Crippen LogP contribution is -2.25. The number of nitro groups is 2. The number of ether oxygens (including phenoxy) is 3. The highest BCUT2D eigenvalue weighted by Crippen LogP contribution is 2.35. The van der Waals surface area contributed by atoms with Crippen LogP contribution in [0.3, 0.4) is 0 Å². The summed E-state index contributed by atoms with van der Waals surface area (Å²) in [7, 11) is 6.28. The summed E-state index contributed by atoms with van der Waals surface area (Å²) in [6, 6.07) is 21.7. The first-order valence-electron chi connectivity index (χ1n) is 14.7. The van der Waals surface area contributed by atoms with Gasteiger partial charge in [-0.15, -0.1) is 0 Å². The number of carbonyl (C=O) groups is 2. The topological polar surface area (TPSA) is 194 Å². The molecule has 2 aromatic carbocycles. The van der Waals surface area contributed by atoms with Crippen molar-refractivity contribution in [3.63, 3.8) is 0 Å². The number of hydrogen-bond acceptors (Lipinski definition) is 16. The van der Waals surface area contributed by atoms with Crippen LogP contribution in [0.4, 0.5) is 21.0 Å². The third-order valence-corrected chi connectivity index (χ3v) is 11.9. The van der Waals surface area contributed by atoms with E-state index in [-0.39, 0.29) is 45.6 Å². The summed E-state index contributed by atoms with van der Waals surface area (Å²) >= 11 is 4.92. The Hall–Kier alpha value is -4.07. The summed E-state index contributed by atoms with van der Waals surface area (Å²) in [6.07, 6.45) is 1.98. The predicted molar refractivity (Wildman–Crippen MR) is 201 cm³/mol. The molecule has 0 spiro atoms. The van der Waals surface area contributed by atoms with Gasteiger partial charge in [0.05, 0.1) is 16.0 Å². The predicted octanol–water partition coefficient (Wildman–Crippen LogP) is 9.65. The first-order valence-corrected chi connectivity index (χ1v) is 19.5. The van der Waals surface area contributed by atoms with Gasteiger partial charge in [-0.1, -0.05) is 33.7 Å². The maximum Gasteiger partial charge on any atom is 0.514 e. The maximum absolute atomic E-state index is 11.8. The normalized spacial score (nSPS) is 12.6. The second kappa shape index (κ2) is 23.4. The van der Waals surface area contributed by atoms with Gasteiger partial charge in [-0.3, -0.25) is 20.2 Å². The van der Waals surface area contributed by atoms with Crippen molar-refractivity contribution < 1.29 is 38.8 Å². The van der Waals surface area contributed by atoms with Crippen LogP contribution in [0.1, 0.15) is 27.7 Å². The Bertz CT molecular complexity index is 1660. The van der Waals surface area contributed by atoms with E-state index in [2.05, 4.69) is 14.7 Å². The van der Waals surface area contributed by atoms with Crippen molar-refractivity contribution in [2.24, 2.45) is 0 Å². The van der Waals surface area contributed by atoms with E-state index in [0.29, 0.717) is 0 Å². The summed E-state index contributed by atoms with van der Waals surface area (Å²) in [5, 5.41) is 32.1. The van der Waals surface area contributed by atoms with Gasteiger partial charge in [0.15, 0.2) is 0 Å². The summed E-state index contributed by atoms with van der Waals surface area (Å²) in [5.41, 5.74) is -1.13. The van der Waals surface area contributed by atoms with Crippen molar-refractivity contribution in [3.05, 3.63) is 118 Å². The number of non-ortho nitro benzene ring substituents is 2.